The Kier molecular flexibility index (Phi) is 3.26. The van der Waals surface area contributed by atoms with E-state index >= 15 is 0 Å². The van der Waals surface area contributed by atoms with Crippen molar-refractivity contribution in [2.75, 3.05) is 7.05 Å². The van der Waals surface area contributed by atoms with Crippen molar-refractivity contribution in [1.29, 1.82) is 0 Å². The second-order valence-corrected chi connectivity index (χ2v) is 6.23. The lowest BCUT2D eigenvalue weighted by atomic mass is 9.87. The number of hydrogen-bond donors (Lipinski definition) is 1. The maximum absolute atomic E-state index is 5.42. The fraction of sp³-hybridized carbons (Fsp3) is 0.818. The minimum atomic E-state index is 0.349. The van der Waals surface area contributed by atoms with Gasteiger partial charge in [0.2, 0.25) is 5.89 Å². The summed E-state index contributed by atoms with van der Waals surface area (Å²) in [5.74, 6) is 0.640. The van der Waals surface area contributed by atoms with Crippen LogP contribution in [0.15, 0.2) is 9.64 Å². The van der Waals surface area contributed by atoms with Crippen LogP contribution in [0.25, 0.3) is 0 Å². The molecule has 1 fully saturated rings. The van der Waals surface area contributed by atoms with Crippen LogP contribution >= 0.6 is 11.8 Å². The van der Waals surface area contributed by atoms with Gasteiger partial charge in [-0.15, -0.1) is 10.2 Å². The molecule has 90 valence electrons. The molecule has 1 aromatic rings. The van der Waals surface area contributed by atoms with Crippen molar-refractivity contribution in [3.63, 3.8) is 0 Å². The maximum atomic E-state index is 5.42. The molecular formula is C11H19N3OS. The van der Waals surface area contributed by atoms with Crippen LogP contribution in [-0.2, 0) is 0 Å². The molecule has 2 rings (SSSR count). The maximum Gasteiger partial charge on any atom is 0.276 e. The van der Waals surface area contributed by atoms with Gasteiger partial charge in [-0.25, -0.2) is 0 Å². The van der Waals surface area contributed by atoms with Gasteiger partial charge in [-0.3, -0.25) is 0 Å². The molecular weight excluding hydrogens is 222 g/mol. The summed E-state index contributed by atoms with van der Waals surface area (Å²) in [5.41, 5.74) is 0.349. The summed E-state index contributed by atoms with van der Waals surface area (Å²) in [6.45, 7) is 6.45. The van der Waals surface area contributed by atoms with Crippen LogP contribution in [0.5, 0.6) is 0 Å². The topological polar surface area (TPSA) is 51.0 Å². The summed E-state index contributed by atoms with van der Waals surface area (Å²) in [5, 5.41) is 12.5. The zero-order valence-corrected chi connectivity index (χ0v) is 11.1. The number of aryl methyl sites for hydroxylation is 1. The Morgan fingerprint density at radius 1 is 1.44 bits per heavy atom. The Morgan fingerprint density at radius 3 is 2.75 bits per heavy atom. The highest BCUT2D eigenvalue weighted by Gasteiger charge is 2.42. The summed E-state index contributed by atoms with van der Waals surface area (Å²) in [6, 6.07) is 0.504. The first-order valence-corrected chi connectivity index (χ1v) is 6.55. The van der Waals surface area contributed by atoms with Crippen molar-refractivity contribution in [3.8, 4) is 0 Å². The van der Waals surface area contributed by atoms with Crippen molar-refractivity contribution in [2.24, 2.45) is 5.41 Å². The van der Waals surface area contributed by atoms with Crippen LogP contribution in [0.4, 0.5) is 0 Å². The van der Waals surface area contributed by atoms with Gasteiger partial charge in [0.1, 0.15) is 0 Å². The third-order valence-corrected chi connectivity index (χ3v) is 4.53. The van der Waals surface area contributed by atoms with E-state index in [0.29, 0.717) is 27.8 Å². The van der Waals surface area contributed by atoms with E-state index in [1.54, 1.807) is 11.8 Å². The molecule has 4 nitrogen and oxygen atoms in total. The zero-order chi connectivity index (χ0) is 11.8. The predicted octanol–water partition coefficient (Wildman–Crippen LogP) is 2.25. The van der Waals surface area contributed by atoms with Crippen molar-refractivity contribution >= 4 is 11.8 Å². The van der Waals surface area contributed by atoms with Gasteiger partial charge < -0.3 is 9.73 Å². The third kappa shape index (κ3) is 2.25. The molecule has 0 aromatic carbocycles. The average Bonchev–Trinajstić information content (AvgIpc) is 2.72. The minimum Gasteiger partial charge on any atom is -0.416 e. The second-order valence-electron chi connectivity index (χ2n) is 5.04. The van der Waals surface area contributed by atoms with Gasteiger partial charge in [0.15, 0.2) is 0 Å². The molecule has 5 heteroatoms. The summed E-state index contributed by atoms with van der Waals surface area (Å²) in [6.07, 6.45) is 2.44. The fourth-order valence-corrected chi connectivity index (χ4v) is 3.89. The SMILES string of the molecule is CNC1C(Sc2nnc(C)o2)CCC1(C)C. The highest BCUT2D eigenvalue weighted by molar-refractivity contribution is 7.99. The van der Waals surface area contributed by atoms with Crippen molar-refractivity contribution in [1.82, 2.24) is 15.5 Å². The second kappa shape index (κ2) is 4.37. The lowest BCUT2D eigenvalue weighted by Gasteiger charge is -2.29. The van der Waals surface area contributed by atoms with Crippen molar-refractivity contribution in [2.45, 2.75) is 50.1 Å². The summed E-state index contributed by atoms with van der Waals surface area (Å²) in [4.78, 5) is 0. The van der Waals surface area contributed by atoms with E-state index in [1.165, 1.54) is 12.8 Å². The van der Waals surface area contributed by atoms with Gasteiger partial charge in [-0.1, -0.05) is 25.6 Å². The van der Waals surface area contributed by atoms with Gasteiger partial charge in [-0.05, 0) is 25.3 Å². The molecule has 2 unspecified atom stereocenters. The van der Waals surface area contributed by atoms with Gasteiger partial charge in [0.05, 0.1) is 0 Å². The largest absolute Gasteiger partial charge is 0.416 e. The molecule has 0 spiro atoms. The first kappa shape index (κ1) is 11.9. The molecule has 0 amide bonds. The van der Waals surface area contributed by atoms with Crippen LogP contribution in [0, 0.1) is 12.3 Å². The number of nitrogens with zero attached hydrogens (tertiary/aromatic N) is 2. The lowest BCUT2D eigenvalue weighted by molar-refractivity contribution is 0.299. The molecule has 1 aliphatic rings. The normalized spacial score (nSPS) is 28.5. The molecule has 1 aliphatic carbocycles. The first-order valence-electron chi connectivity index (χ1n) is 5.67. The van der Waals surface area contributed by atoms with E-state index in [4.69, 9.17) is 4.42 Å². The Hall–Kier alpha value is -0.550. The molecule has 16 heavy (non-hydrogen) atoms. The molecule has 0 radical (unpaired) electrons. The number of hydrogen-bond acceptors (Lipinski definition) is 5. The van der Waals surface area contributed by atoms with E-state index < -0.39 is 0 Å². The molecule has 0 aliphatic heterocycles. The van der Waals surface area contributed by atoms with Crippen LogP contribution in [0.3, 0.4) is 0 Å². The smallest absolute Gasteiger partial charge is 0.276 e. The van der Waals surface area contributed by atoms with Crippen LogP contribution < -0.4 is 5.32 Å². The van der Waals surface area contributed by atoms with Crippen LogP contribution in [0.2, 0.25) is 0 Å². The number of nitrogens with one attached hydrogen (secondary N) is 1. The van der Waals surface area contributed by atoms with E-state index in [0.717, 1.165) is 0 Å². The standard InChI is InChI=1S/C11H19N3OS/c1-7-13-14-10(15-7)16-8-5-6-11(2,3)9(8)12-4/h8-9,12H,5-6H2,1-4H3. The van der Waals surface area contributed by atoms with Crippen LogP contribution in [0.1, 0.15) is 32.6 Å². The van der Waals surface area contributed by atoms with Gasteiger partial charge in [0.25, 0.3) is 5.22 Å². The highest BCUT2D eigenvalue weighted by atomic mass is 32.2. The summed E-state index contributed by atoms with van der Waals surface area (Å²) < 4.78 is 5.42. The van der Waals surface area contributed by atoms with E-state index in [9.17, 15) is 0 Å². The van der Waals surface area contributed by atoms with Gasteiger partial charge in [0, 0.05) is 18.2 Å². The molecule has 0 saturated heterocycles. The average molecular weight is 241 g/mol. The van der Waals surface area contributed by atoms with Gasteiger partial charge in [-0.2, -0.15) is 0 Å². The Bertz CT molecular complexity index is 364. The molecule has 2 atom stereocenters. The van der Waals surface area contributed by atoms with Crippen molar-refractivity contribution < 1.29 is 4.42 Å². The van der Waals surface area contributed by atoms with E-state index in [1.807, 2.05) is 14.0 Å². The van der Waals surface area contributed by atoms with E-state index in [-0.39, 0.29) is 0 Å². The third-order valence-electron chi connectivity index (χ3n) is 3.36. The minimum absolute atomic E-state index is 0.349. The van der Waals surface area contributed by atoms with Crippen LogP contribution in [-0.4, -0.2) is 28.5 Å². The Morgan fingerprint density at radius 2 is 2.19 bits per heavy atom. The van der Waals surface area contributed by atoms with Crippen molar-refractivity contribution in [3.05, 3.63) is 5.89 Å². The highest BCUT2D eigenvalue weighted by Crippen LogP contribution is 2.44. The Labute approximate surface area is 101 Å². The van der Waals surface area contributed by atoms with Gasteiger partial charge >= 0.3 is 0 Å². The molecule has 1 heterocycles. The molecule has 1 aromatic heterocycles. The monoisotopic (exact) mass is 241 g/mol. The number of aromatic nitrogens is 2. The molecule has 1 N–H and O–H groups in total. The number of thioether (sulfide) groups is 1. The first-order chi connectivity index (χ1) is 7.53. The lowest BCUT2D eigenvalue weighted by Crippen LogP contribution is -2.41. The fourth-order valence-electron chi connectivity index (χ4n) is 2.50. The predicted molar refractivity (Wildman–Crippen MR) is 64.5 cm³/mol. The Balaban J connectivity index is 2.06. The molecule has 1 saturated carbocycles. The van der Waals surface area contributed by atoms with E-state index in [2.05, 4.69) is 29.4 Å². The number of rotatable bonds is 3. The quantitative estimate of drug-likeness (QED) is 0.879. The molecule has 0 bridgehead atoms. The zero-order valence-electron chi connectivity index (χ0n) is 10.3. The summed E-state index contributed by atoms with van der Waals surface area (Å²) in [7, 11) is 2.03. The summed E-state index contributed by atoms with van der Waals surface area (Å²) >= 11 is 1.70.